The summed E-state index contributed by atoms with van der Waals surface area (Å²) in [6.07, 6.45) is -3.87. The van der Waals surface area contributed by atoms with Crippen LogP contribution in [0.2, 0.25) is 0 Å². The summed E-state index contributed by atoms with van der Waals surface area (Å²) >= 11 is 0. The molecule has 1 aromatic carbocycles. The van der Waals surface area contributed by atoms with Crippen LogP contribution in [0.15, 0.2) is 12.1 Å². The number of hydrogen-bond acceptors (Lipinski definition) is 5. The highest BCUT2D eigenvalue weighted by Gasteiger charge is 2.43. The lowest BCUT2D eigenvalue weighted by atomic mass is 9.97. The molecule has 1 aromatic rings. The zero-order valence-corrected chi connectivity index (χ0v) is 19.9. The average molecular weight is 474 g/mol. The molecule has 0 aromatic heterocycles. The third kappa shape index (κ3) is 6.38. The van der Waals surface area contributed by atoms with Gasteiger partial charge in [-0.1, -0.05) is 0 Å². The Morgan fingerprint density at radius 3 is 2.48 bits per heavy atom. The van der Waals surface area contributed by atoms with Gasteiger partial charge in [0, 0.05) is 39.4 Å². The highest BCUT2D eigenvalue weighted by molar-refractivity contribution is 6.02. The topological polar surface area (TPSA) is 85.1 Å². The van der Waals surface area contributed by atoms with Crippen LogP contribution in [0.1, 0.15) is 51.7 Å². The molecule has 0 unspecified atom stereocenters. The Kier molecular flexibility index (Phi) is 8.75. The van der Waals surface area contributed by atoms with Gasteiger partial charge in [-0.15, -0.1) is 0 Å². The molecule has 2 rings (SSSR count). The van der Waals surface area contributed by atoms with Crippen molar-refractivity contribution in [2.24, 2.45) is 5.73 Å². The van der Waals surface area contributed by atoms with Crippen molar-refractivity contribution in [1.29, 1.82) is 0 Å². The molecule has 0 fully saturated rings. The minimum absolute atomic E-state index is 0.0301. The van der Waals surface area contributed by atoms with Crippen molar-refractivity contribution in [2.75, 3.05) is 38.3 Å². The highest BCUT2D eigenvalue weighted by Crippen LogP contribution is 2.44. The van der Waals surface area contributed by atoms with E-state index in [4.69, 9.17) is 15.2 Å². The van der Waals surface area contributed by atoms with Gasteiger partial charge in [-0.05, 0) is 58.2 Å². The zero-order chi connectivity index (χ0) is 25.0. The van der Waals surface area contributed by atoms with Gasteiger partial charge in [0.15, 0.2) is 5.60 Å². The van der Waals surface area contributed by atoms with Crippen LogP contribution in [0, 0.1) is 0 Å². The number of fused-ring (bicyclic) bond motifs is 1. The molecule has 0 bridgehead atoms. The standard InChI is InChI=1S/C23H34F3N3O4/c1-15(2)28(10-8-27)20(30)13-16-12-18-19(14-17(16)23(24,25)26)33-22(3,4)21(31)29(18)9-6-7-11-32-5/h12,14-15H,6-11,13,27H2,1-5H3. The minimum Gasteiger partial charge on any atom is -0.476 e. The van der Waals surface area contributed by atoms with Crippen LogP contribution in [-0.4, -0.2) is 61.7 Å². The lowest BCUT2D eigenvalue weighted by Crippen LogP contribution is -2.53. The van der Waals surface area contributed by atoms with Gasteiger partial charge in [0.25, 0.3) is 5.91 Å². The normalized spacial score (nSPS) is 15.5. The Hall–Kier alpha value is -2.33. The maximum Gasteiger partial charge on any atom is 0.416 e. The molecular weight excluding hydrogens is 439 g/mol. The number of methoxy groups -OCH3 is 1. The third-order valence-electron chi connectivity index (χ3n) is 5.54. The molecule has 1 aliphatic rings. The number of anilines is 1. The number of halogens is 3. The van der Waals surface area contributed by atoms with E-state index in [0.717, 1.165) is 6.07 Å². The largest absolute Gasteiger partial charge is 0.476 e. The van der Waals surface area contributed by atoms with Crippen LogP contribution in [0.5, 0.6) is 5.75 Å². The van der Waals surface area contributed by atoms with E-state index in [1.54, 1.807) is 21.0 Å². The number of nitrogens with zero attached hydrogens (tertiary/aromatic N) is 2. The van der Waals surface area contributed by atoms with E-state index < -0.39 is 29.7 Å². The molecule has 2 amide bonds. The van der Waals surface area contributed by atoms with Crippen molar-refractivity contribution < 1.29 is 32.2 Å². The van der Waals surface area contributed by atoms with Gasteiger partial charge < -0.3 is 25.0 Å². The van der Waals surface area contributed by atoms with E-state index >= 15 is 0 Å². The number of alkyl halides is 3. The molecular formula is C23H34F3N3O4. The Balaban J connectivity index is 2.52. The summed E-state index contributed by atoms with van der Waals surface area (Å²) in [6, 6.07) is 1.95. The maximum atomic E-state index is 13.9. The van der Waals surface area contributed by atoms with E-state index in [1.807, 2.05) is 0 Å². The predicted octanol–water partition coefficient (Wildman–Crippen LogP) is 3.37. The molecule has 0 saturated heterocycles. The van der Waals surface area contributed by atoms with Crippen LogP contribution in [0.4, 0.5) is 18.9 Å². The van der Waals surface area contributed by atoms with E-state index in [9.17, 15) is 22.8 Å². The molecule has 0 saturated carbocycles. The van der Waals surface area contributed by atoms with Gasteiger partial charge in [-0.2, -0.15) is 13.2 Å². The summed E-state index contributed by atoms with van der Waals surface area (Å²) in [6.45, 7) is 7.86. The van der Waals surface area contributed by atoms with Crippen LogP contribution < -0.4 is 15.4 Å². The van der Waals surface area contributed by atoms with Gasteiger partial charge >= 0.3 is 6.18 Å². The van der Waals surface area contributed by atoms with Crippen LogP contribution >= 0.6 is 0 Å². The number of rotatable bonds is 10. The number of carbonyl (C=O) groups excluding carboxylic acids is 2. The first-order valence-electron chi connectivity index (χ1n) is 11.1. The lowest BCUT2D eigenvalue weighted by Gasteiger charge is -2.39. The van der Waals surface area contributed by atoms with Crippen molar-refractivity contribution in [2.45, 2.75) is 64.8 Å². The van der Waals surface area contributed by atoms with Gasteiger partial charge in [-0.3, -0.25) is 9.59 Å². The Bertz CT molecular complexity index is 856. The van der Waals surface area contributed by atoms with Crippen molar-refractivity contribution in [3.63, 3.8) is 0 Å². The summed E-state index contributed by atoms with van der Waals surface area (Å²) in [4.78, 5) is 28.8. The molecule has 1 aliphatic heterocycles. The molecule has 0 radical (unpaired) electrons. The van der Waals surface area contributed by atoms with Gasteiger partial charge in [0.2, 0.25) is 5.91 Å². The smallest absolute Gasteiger partial charge is 0.416 e. The average Bonchev–Trinajstić information content (AvgIpc) is 2.70. The van der Waals surface area contributed by atoms with Gasteiger partial charge in [-0.25, -0.2) is 0 Å². The number of amides is 2. The SMILES string of the molecule is COCCCCN1C(=O)C(C)(C)Oc2cc(C(F)(F)F)c(CC(=O)N(CCN)C(C)C)cc21. The predicted molar refractivity (Wildman–Crippen MR) is 119 cm³/mol. The molecule has 0 spiro atoms. The number of ether oxygens (including phenoxy) is 2. The number of nitrogens with two attached hydrogens (primary N) is 1. The number of hydrogen-bond donors (Lipinski definition) is 1. The number of unbranched alkanes of at least 4 members (excludes halogenated alkanes) is 1. The van der Waals surface area contributed by atoms with Gasteiger partial charge in [0.05, 0.1) is 17.7 Å². The summed E-state index contributed by atoms with van der Waals surface area (Å²) in [5.74, 6) is -0.843. The number of carbonyl (C=O) groups is 2. The molecule has 1 heterocycles. The highest BCUT2D eigenvalue weighted by atomic mass is 19.4. The van der Waals surface area contributed by atoms with Crippen molar-refractivity contribution in [1.82, 2.24) is 4.90 Å². The summed E-state index contributed by atoms with van der Waals surface area (Å²) in [5.41, 5.74) is 3.34. The van der Waals surface area contributed by atoms with E-state index in [-0.39, 0.29) is 42.0 Å². The molecule has 33 heavy (non-hydrogen) atoms. The van der Waals surface area contributed by atoms with Crippen LogP contribution in [0.3, 0.4) is 0 Å². The Labute approximate surface area is 193 Å². The second-order valence-corrected chi connectivity index (χ2v) is 8.89. The second-order valence-electron chi connectivity index (χ2n) is 8.89. The quantitative estimate of drug-likeness (QED) is 0.527. The van der Waals surface area contributed by atoms with Crippen molar-refractivity contribution in [3.8, 4) is 5.75 Å². The zero-order valence-electron chi connectivity index (χ0n) is 19.9. The summed E-state index contributed by atoms with van der Waals surface area (Å²) in [7, 11) is 1.57. The Morgan fingerprint density at radius 1 is 1.27 bits per heavy atom. The second kappa shape index (κ2) is 10.7. The third-order valence-corrected chi connectivity index (χ3v) is 5.54. The maximum absolute atomic E-state index is 13.9. The van der Waals surface area contributed by atoms with Crippen molar-refractivity contribution in [3.05, 3.63) is 23.3 Å². The molecule has 2 N–H and O–H groups in total. The molecule has 0 aliphatic carbocycles. The number of benzene rings is 1. The molecule has 0 atom stereocenters. The fourth-order valence-electron chi connectivity index (χ4n) is 3.88. The van der Waals surface area contributed by atoms with Crippen LogP contribution in [-0.2, 0) is 26.9 Å². The fraction of sp³-hybridized carbons (Fsp3) is 0.652. The molecule has 10 heteroatoms. The Morgan fingerprint density at radius 2 is 1.94 bits per heavy atom. The van der Waals surface area contributed by atoms with Gasteiger partial charge in [0.1, 0.15) is 5.75 Å². The molecule has 186 valence electrons. The lowest BCUT2D eigenvalue weighted by molar-refractivity contribution is -0.139. The van der Waals surface area contributed by atoms with E-state index in [2.05, 4.69) is 0 Å². The van der Waals surface area contributed by atoms with E-state index in [0.29, 0.717) is 26.0 Å². The minimum atomic E-state index is -4.70. The first-order chi connectivity index (χ1) is 15.3. The fourth-order valence-corrected chi connectivity index (χ4v) is 3.88. The summed E-state index contributed by atoms with van der Waals surface area (Å²) < 4.78 is 52.5. The summed E-state index contributed by atoms with van der Waals surface area (Å²) in [5, 5.41) is 0. The first kappa shape index (κ1) is 26.9. The monoisotopic (exact) mass is 473 g/mol. The van der Waals surface area contributed by atoms with Crippen LogP contribution in [0.25, 0.3) is 0 Å². The first-order valence-corrected chi connectivity index (χ1v) is 11.1. The van der Waals surface area contributed by atoms with Crippen molar-refractivity contribution >= 4 is 17.5 Å². The molecule has 7 nitrogen and oxygen atoms in total. The van der Waals surface area contributed by atoms with E-state index in [1.165, 1.54) is 29.7 Å².